The van der Waals surface area contributed by atoms with Crippen molar-refractivity contribution >= 4 is 11.6 Å². The van der Waals surface area contributed by atoms with E-state index in [0.29, 0.717) is 5.02 Å². The molecule has 1 aliphatic rings. The first-order valence-electron chi connectivity index (χ1n) is 7.52. The van der Waals surface area contributed by atoms with Crippen molar-refractivity contribution in [3.63, 3.8) is 0 Å². The molecule has 0 aromatic heterocycles. The Bertz CT molecular complexity index is 614. The van der Waals surface area contributed by atoms with E-state index < -0.39 is 0 Å². The Balaban J connectivity index is 1.83. The lowest BCUT2D eigenvalue weighted by molar-refractivity contribution is 0.167. The summed E-state index contributed by atoms with van der Waals surface area (Å²) in [5.74, 6) is 0.764. The van der Waals surface area contributed by atoms with E-state index in [4.69, 9.17) is 16.3 Å². The lowest BCUT2D eigenvalue weighted by atomic mass is 10.1. The van der Waals surface area contributed by atoms with Crippen molar-refractivity contribution in [2.45, 2.75) is 31.9 Å². The second kappa shape index (κ2) is 6.50. The molecule has 0 saturated carbocycles. The smallest absolute Gasteiger partial charge is 0.138 e. The van der Waals surface area contributed by atoms with Gasteiger partial charge in [-0.3, -0.25) is 0 Å². The van der Waals surface area contributed by atoms with Crippen LogP contribution in [0.2, 0.25) is 5.02 Å². The second-order valence-electron chi connectivity index (χ2n) is 5.42. The largest absolute Gasteiger partial charge is 0.487 e. The predicted octanol–water partition coefficient (Wildman–Crippen LogP) is 4.38. The van der Waals surface area contributed by atoms with Gasteiger partial charge in [0.1, 0.15) is 11.9 Å². The fourth-order valence-electron chi connectivity index (χ4n) is 2.91. The van der Waals surface area contributed by atoms with Crippen LogP contribution in [0.4, 0.5) is 0 Å². The Morgan fingerprint density at radius 3 is 2.71 bits per heavy atom. The average molecular weight is 302 g/mol. The molecule has 2 nitrogen and oxygen atoms in total. The van der Waals surface area contributed by atoms with Crippen LogP contribution < -0.4 is 10.1 Å². The Morgan fingerprint density at radius 2 is 1.90 bits per heavy atom. The summed E-state index contributed by atoms with van der Waals surface area (Å²) in [6.45, 7) is 3.17. The Hall–Kier alpha value is -1.51. The molecular weight excluding hydrogens is 282 g/mol. The van der Waals surface area contributed by atoms with Gasteiger partial charge in [-0.25, -0.2) is 0 Å². The molecule has 0 bridgehead atoms. The van der Waals surface area contributed by atoms with Gasteiger partial charge in [-0.2, -0.15) is 0 Å². The SMILES string of the molecule is CCCNC1c2ccccc2CC1Oc1ccccc1Cl. The summed E-state index contributed by atoms with van der Waals surface area (Å²) in [7, 11) is 0. The normalized spacial score (nSPS) is 20.3. The molecule has 0 radical (unpaired) electrons. The van der Waals surface area contributed by atoms with Crippen molar-refractivity contribution in [1.29, 1.82) is 0 Å². The average Bonchev–Trinajstić information content (AvgIpc) is 2.85. The number of ether oxygens (including phenoxy) is 1. The summed E-state index contributed by atoms with van der Waals surface area (Å²) in [5.41, 5.74) is 2.71. The highest BCUT2D eigenvalue weighted by molar-refractivity contribution is 6.32. The molecule has 3 rings (SSSR count). The fourth-order valence-corrected chi connectivity index (χ4v) is 3.09. The summed E-state index contributed by atoms with van der Waals surface area (Å²) in [5, 5.41) is 4.28. The van der Waals surface area contributed by atoms with E-state index in [1.54, 1.807) is 0 Å². The molecule has 2 unspecified atom stereocenters. The standard InChI is InChI=1S/C18H20ClNO/c1-2-11-20-18-14-8-4-3-7-13(14)12-17(18)21-16-10-6-5-9-15(16)19/h3-10,17-18,20H,2,11-12H2,1H3. The van der Waals surface area contributed by atoms with Crippen molar-refractivity contribution < 1.29 is 4.74 Å². The van der Waals surface area contributed by atoms with Crippen molar-refractivity contribution in [3.05, 3.63) is 64.7 Å². The highest BCUT2D eigenvalue weighted by Crippen LogP contribution is 2.35. The minimum atomic E-state index is 0.0915. The zero-order chi connectivity index (χ0) is 14.7. The number of hydrogen-bond donors (Lipinski definition) is 1. The van der Waals surface area contributed by atoms with Crippen molar-refractivity contribution in [2.75, 3.05) is 6.54 Å². The number of halogens is 1. The van der Waals surface area contributed by atoms with Crippen LogP contribution in [0.3, 0.4) is 0 Å². The number of para-hydroxylation sites is 1. The van der Waals surface area contributed by atoms with Crippen molar-refractivity contribution in [3.8, 4) is 5.75 Å². The van der Waals surface area contributed by atoms with Gasteiger partial charge in [-0.1, -0.05) is 54.9 Å². The van der Waals surface area contributed by atoms with Gasteiger partial charge >= 0.3 is 0 Å². The van der Waals surface area contributed by atoms with Crippen LogP contribution >= 0.6 is 11.6 Å². The number of nitrogens with one attached hydrogen (secondary N) is 1. The van der Waals surface area contributed by atoms with Crippen LogP contribution in [0.15, 0.2) is 48.5 Å². The van der Waals surface area contributed by atoms with Crippen LogP contribution in [0, 0.1) is 0 Å². The van der Waals surface area contributed by atoms with E-state index in [9.17, 15) is 0 Å². The zero-order valence-electron chi connectivity index (χ0n) is 12.2. The van der Waals surface area contributed by atoms with Gasteiger partial charge in [0.2, 0.25) is 0 Å². The molecule has 1 N–H and O–H groups in total. The molecule has 3 heteroatoms. The summed E-state index contributed by atoms with van der Waals surface area (Å²) >= 11 is 6.22. The maximum absolute atomic E-state index is 6.22. The molecule has 0 amide bonds. The van der Waals surface area contributed by atoms with E-state index in [0.717, 1.165) is 25.1 Å². The minimum Gasteiger partial charge on any atom is -0.487 e. The van der Waals surface area contributed by atoms with Gasteiger partial charge in [-0.05, 0) is 36.2 Å². The maximum atomic E-state index is 6.22. The summed E-state index contributed by atoms with van der Waals surface area (Å²) in [6, 6.07) is 16.5. The van der Waals surface area contributed by atoms with E-state index in [1.165, 1.54) is 11.1 Å². The van der Waals surface area contributed by atoms with Crippen LogP contribution in [0.1, 0.15) is 30.5 Å². The molecule has 2 aromatic rings. The molecule has 1 aliphatic carbocycles. The third-order valence-electron chi connectivity index (χ3n) is 3.91. The molecule has 0 aliphatic heterocycles. The summed E-state index contributed by atoms with van der Waals surface area (Å²) in [6.07, 6.45) is 2.12. The monoisotopic (exact) mass is 301 g/mol. The van der Waals surface area contributed by atoms with Gasteiger partial charge in [-0.15, -0.1) is 0 Å². The molecule has 0 heterocycles. The third kappa shape index (κ3) is 3.07. The first-order valence-corrected chi connectivity index (χ1v) is 7.89. The van der Waals surface area contributed by atoms with Crippen LogP contribution in [-0.4, -0.2) is 12.6 Å². The first-order chi connectivity index (χ1) is 10.3. The summed E-state index contributed by atoms with van der Waals surface area (Å²) < 4.78 is 6.20. The second-order valence-corrected chi connectivity index (χ2v) is 5.83. The number of rotatable bonds is 5. The lowest BCUT2D eigenvalue weighted by Crippen LogP contribution is -2.33. The van der Waals surface area contributed by atoms with Gasteiger partial charge in [0.25, 0.3) is 0 Å². The third-order valence-corrected chi connectivity index (χ3v) is 4.22. The van der Waals surface area contributed by atoms with Gasteiger partial charge in [0, 0.05) is 6.42 Å². The number of fused-ring (bicyclic) bond motifs is 1. The van der Waals surface area contributed by atoms with E-state index in [1.807, 2.05) is 24.3 Å². The minimum absolute atomic E-state index is 0.0915. The van der Waals surface area contributed by atoms with Crippen LogP contribution in [-0.2, 0) is 6.42 Å². The predicted molar refractivity (Wildman–Crippen MR) is 87.0 cm³/mol. The van der Waals surface area contributed by atoms with E-state index >= 15 is 0 Å². The quantitative estimate of drug-likeness (QED) is 0.884. The number of hydrogen-bond acceptors (Lipinski definition) is 2. The fraction of sp³-hybridized carbons (Fsp3) is 0.333. The van der Waals surface area contributed by atoms with Gasteiger partial charge in [0.15, 0.2) is 0 Å². The Morgan fingerprint density at radius 1 is 1.14 bits per heavy atom. The maximum Gasteiger partial charge on any atom is 0.138 e. The molecule has 0 saturated heterocycles. The van der Waals surface area contributed by atoms with Crippen LogP contribution in [0.25, 0.3) is 0 Å². The van der Waals surface area contributed by atoms with Gasteiger partial charge in [0.05, 0.1) is 11.1 Å². The topological polar surface area (TPSA) is 21.3 Å². The number of benzene rings is 2. The van der Waals surface area contributed by atoms with Crippen molar-refractivity contribution in [1.82, 2.24) is 5.32 Å². The first kappa shape index (κ1) is 14.4. The molecule has 110 valence electrons. The molecule has 0 fully saturated rings. The van der Waals surface area contributed by atoms with Crippen molar-refractivity contribution in [2.24, 2.45) is 0 Å². The van der Waals surface area contributed by atoms with Gasteiger partial charge < -0.3 is 10.1 Å². The summed E-state index contributed by atoms with van der Waals surface area (Å²) in [4.78, 5) is 0. The molecule has 2 atom stereocenters. The molecule has 0 spiro atoms. The Kier molecular flexibility index (Phi) is 4.47. The molecular formula is C18H20ClNO. The highest BCUT2D eigenvalue weighted by atomic mass is 35.5. The highest BCUT2D eigenvalue weighted by Gasteiger charge is 2.33. The van der Waals surface area contributed by atoms with Crippen LogP contribution in [0.5, 0.6) is 5.75 Å². The van der Waals surface area contributed by atoms with E-state index in [2.05, 4.69) is 36.5 Å². The molecule has 2 aromatic carbocycles. The zero-order valence-corrected chi connectivity index (χ0v) is 12.9. The molecule has 21 heavy (non-hydrogen) atoms. The Labute approximate surface area is 131 Å². The lowest BCUT2D eigenvalue weighted by Gasteiger charge is -2.23. The van der Waals surface area contributed by atoms with E-state index in [-0.39, 0.29) is 12.1 Å².